The number of hydrogen-bond acceptors (Lipinski definition) is 4. The first-order chi connectivity index (χ1) is 12.3. The lowest BCUT2D eigenvalue weighted by Gasteiger charge is -2.14. The van der Waals surface area contributed by atoms with Crippen molar-refractivity contribution in [3.8, 4) is 17.2 Å². The molecule has 2 aromatic carbocycles. The van der Waals surface area contributed by atoms with Gasteiger partial charge in [-0.25, -0.2) is 0 Å². The van der Waals surface area contributed by atoms with Crippen LogP contribution in [-0.4, -0.2) is 40.4 Å². The summed E-state index contributed by atoms with van der Waals surface area (Å²) in [5.74, 6) is 2.93. The van der Waals surface area contributed by atoms with Crippen molar-refractivity contribution >= 4 is 35.6 Å². The molecule has 2 N–H and O–H groups in total. The zero-order valence-electron chi connectivity index (χ0n) is 15.3. The Labute approximate surface area is 172 Å². The quantitative estimate of drug-likeness (QED) is 0.266. The molecule has 0 aromatic heterocycles. The van der Waals surface area contributed by atoms with Gasteiger partial charge in [-0.2, -0.15) is 0 Å². The van der Waals surface area contributed by atoms with E-state index in [4.69, 9.17) is 14.2 Å². The minimum Gasteiger partial charge on any atom is -0.494 e. The highest BCUT2D eigenvalue weighted by Crippen LogP contribution is 2.29. The normalized spacial score (nSPS) is 10.5. The molecule has 0 amide bonds. The molecule has 0 saturated heterocycles. The molecule has 0 aliphatic heterocycles. The molecule has 2 aromatic rings. The minimum absolute atomic E-state index is 0. The van der Waals surface area contributed by atoms with Crippen molar-refractivity contribution < 1.29 is 14.2 Å². The van der Waals surface area contributed by atoms with Gasteiger partial charge in [0, 0.05) is 25.3 Å². The minimum atomic E-state index is 0. The second kappa shape index (κ2) is 12.2. The van der Waals surface area contributed by atoms with Crippen LogP contribution in [0.25, 0.3) is 0 Å². The average molecular weight is 471 g/mol. The third kappa shape index (κ3) is 6.99. The highest BCUT2D eigenvalue weighted by atomic mass is 127. The van der Waals surface area contributed by atoms with Crippen LogP contribution in [-0.2, 0) is 0 Å². The number of anilines is 1. The predicted octanol–water partition coefficient (Wildman–Crippen LogP) is 3.78. The Morgan fingerprint density at radius 1 is 1.00 bits per heavy atom. The fraction of sp³-hybridized carbons (Fsp3) is 0.316. The fourth-order valence-electron chi connectivity index (χ4n) is 2.22. The smallest absolute Gasteiger partial charge is 0.195 e. The number of rotatable bonds is 8. The number of ether oxygens (including phenoxy) is 3. The molecule has 26 heavy (non-hydrogen) atoms. The monoisotopic (exact) mass is 471 g/mol. The van der Waals surface area contributed by atoms with Crippen LogP contribution >= 0.6 is 24.0 Å². The fourth-order valence-corrected chi connectivity index (χ4v) is 2.22. The van der Waals surface area contributed by atoms with E-state index < -0.39 is 0 Å². The summed E-state index contributed by atoms with van der Waals surface area (Å²) in [5.41, 5.74) is 0.867. The SMILES string of the molecule is CN=C(NCCCOc1ccccc1)Nc1ccc(OC)c(OC)c1.I. The number of aliphatic imine (C=N–C) groups is 1. The van der Waals surface area contributed by atoms with Gasteiger partial charge in [-0.3, -0.25) is 4.99 Å². The molecular weight excluding hydrogens is 445 g/mol. The Balaban J connectivity index is 0.00000338. The number of halogens is 1. The van der Waals surface area contributed by atoms with Crippen molar-refractivity contribution in [1.29, 1.82) is 0 Å². The standard InChI is InChI=1S/C19H25N3O3.HI/c1-20-19(21-12-7-13-25-16-8-5-4-6-9-16)22-15-10-11-17(23-2)18(14-15)24-3;/h4-6,8-11,14H,7,12-13H2,1-3H3,(H2,20,21,22);1H. The van der Waals surface area contributed by atoms with Gasteiger partial charge in [0.2, 0.25) is 0 Å². The van der Waals surface area contributed by atoms with Crippen molar-refractivity contribution in [2.45, 2.75) is 6.42 Å². The van der Waals surface area contributed by atoms with Crippen LogP contribution in [0.5, 0.6) is 17.2 Å². The summed E-state index contributed by atoms with van der Waals surface area (Å²) in [6.45, 7) is 1.39. The van der Waals surface area contributed by atoms with Crippen molar-refractivity contribution in [3.63, 3.8) is 0 Å². The van der Waals surface area contributed by atoms with Gasteiger partial charge < -0.3 is 24.8 Å². The second-order valence-corrected chi connectivity index (χ2v) is 5.21. The molecule has 6 nitrogen and oxygen atoms in total. The van der Waals surface area contributed by atoms with E-state index >= 15 is 0 Å². The van der Waals surface area contributed by atoms with Gasteiger partial charge in [-0.15, -0.1) is 24.0 Å². The first kappa shape index (κ1) is 21.9. The summed E-state index contributed by atoms with van der Waals surface area (Å²) < 4.78 is 16.2. The van der Waals surface area contributed by atoms with Crippen LogP contribution in [0.2, 0.25) is 0 Å². The highest BCUT2D eigenvalue weighted by molar-refractivity contribution is 14.0. The van der Waals surface area contributed by atoms with Gasteiger partial charge >= 0.3 is 0 Å². The first-order valence-electron chi connectivity index (χ1n) is 8.14. The van der Waals surface area contributed by atoms with E-state index in [1.54, 1.807) is 21.3 Å². The van der Waals surface area contributed by atoms with Crippen molar-refractivity contribution in [2.75, 3.05) is 39.7 Å². The van der Waals surface area contributed by atoms with Crippen LogP contribution in [0.3, 0.4) is 0 Å². The molecule has 0 radical (unpaired) electrons. The van der Waals surface area contributed by atoms with Gasteiger partial charge in [-0.1, -0.05) is 18.2 Å². The molecule has 0 aliphatic rings. The number of hydrogen-bond donors (Lipinski definition) is 2. The Kier molecular flexibility index (Phi) is 10.3. The van der Waals surface area contributed by atoms with E-state index in [0.29, 0.717) is 24.1 Å². The predicted molar refractivity (Wildman–Crippen MR) is 116 cm³/mol. The summed E-state index contributed by atoms with van der Waals surface area (Å²) in [6.07, 6.45) is 0.863. The topological polar surface area (TPSA) is 64.1 Å². The third-order valence-corrected chi connectivity index (χ3v) is 3.50. The number of benzene rings is 2. The molecule has 0 heterocycles. The number of nitrogens with one attached hydrogen (secondary N) is 2. The van der Waals surface area contributed by atoms with Gasteiger partial charge in [0.15, 0.2) is 17.5 Å². The lowest BCUT2D eigenvalue weighted by molar-refractivity contribution is 0.311. The number of guanidine groups is 1. The number of nitrogens with zero attached hydrogens (tertiary/aromatic N) is 1. The average Bonchev–Trinajstić information content (AvgIpc) is 2.67. The summed E-state index contributed by atoms with van der Waals surface area (Å²) >= 11 is 0. The maximum atomic E-state index is 5.66. The van der Waals surface area contributed by atoms with Crippen LogP contribution in [0, 0.1) is 0 Å². The van der Waals surface area contributed by atoms with Crippen molar-refractivity contribution in [2.24, 2.45) is 4.99 Å². The van der Waals surface area contributed by atoms with Gasteiger partial charge in [0.05, 0.1) is 20.8 Å². The molecular formula is C19H26IN3O3. The lowest BCUT2D eigenvalue weighted by atomic mass is 10.3. The van der Waals surface area contributed by atoms with E-state index in [9.17, 15) is 0 Å². The molecule has 0 bridgehead atoms. The molecule has 0 spiro atoms. The van der Waals surface area contributed by atoms with E-state index in [2.05, 4.69) is 15.6 Å². The zero-order valence-corrected chi connectivity index (χ0v) is 17.7. The van der Waals surface area contributed by atoms with Crippen LogP contribution in [0.4, 0.5) is 5.69 Å². The Hall–Kier alpha value is -2.16. The maximum absolute atomic E-state index is 5.66. The van der Waals surface area contributed by atoms with E-state index in [1.807, 2.05) is 48.5 Å². The Morgan fingerprint density at radius 3 is 2.38 bits per heavy atom. The van der Waals surface area contributed by atoms with Crippen LogP contribution in [0.1, 0.15) is 6.42 Å². The Morgan fingerprint density at radius 2 is 1.73 bits per heavy atom. The number of para-hydroxylation sites is 1. The zero-order chi connectivity index (χ0) is 17.9. The van der Waals surface area contributed by atoms with Crippen molar-refractivity contribution in [3.05, 3.63) is 48.5 Å². The van der Waals surface area contributed by atoms with E-state index in [1.165, 1.54) is 0 Å². The molecule has 0 fully saturated rings. The molecule has 2 rings (SSSR count). The van der Waals surface area contributed by atoms with Crippen LogP contribution < -0.4 is 24.8 Å². The molecule has 0 unspecified atom stereocenters. The van der Waals surface area contributed by atoms with Crippen molar-refractivity contribution in [1.82, 2.24) is 5.32 Å². The summed E-state index contributed by atoms with van der Waals surface area (Å²) in [5, 5.41) is 6.48. The molecule has 0 aliphatic carbocycles. The molecule has 7 heteroatoms. The summed E-state index contributed by atoms with van der Waals surface area (Å²) in [7, 11) is 4.96. The van der Waals surface area contributed by atoms with Crippen LogP contribution in [0.15, 0.2) is 53.5 Å². The van der Waals surface area contributed by atoms with Gasteiger partial charge in [-0.05, 0) is 30.7 Å². The summed E-state index contributed by atoms with van der Waals surface area (Å²) in [6, 6.07) is 15.4. The molecule has 0 atom stereocenters. The largest absolute Gasteiger partial charge is 0.494 e. The molecule has 0 saturated carbocycles. The third-order valence-electron chi connectivity index (χ3n) is 3.50. The number of methoxy groups -OCH3 is 2. The van der Waals surface area contributed by atoms with Gasteiger partial charge in [0.1, 0.15) is 5.75 Å². The maximum Gasteiger partial charge on any atom is 0.195 e. The lowest BCUT2D eigenvalue weighted by Crippen LogP contribution is -2.32. The molecule has 142 valence electrons. The summed E-state index contributed by atoms with van der Waals surface area (Å²) in [4.78, 5) is 4.22. The van der Waals surface area contributed by atoms with E-state index in [0.717, 1.165) is 24.4 Å². The second-order valence-electron chi connectivity index (χ2n) is 5.21. The highest BCUT2D eigenvalue weighted by Gasteiger charge is 2.06. The first-order valence-corrected chi connectivity index (χ1v) is 8.14. The van der Waals surface area contributed by atoms with E-state index in [-0.39, 0.29) is 24.0 Å². The van der Waals surface area contributed by atoms with Gasteiger partial charge in [0.25, 0.3) is 0 Å². The Bertz CT molecular complexity index is 681.